The van der Waals surface area contributed by atoms with Crippen LogP contribution in [0.25, 0.3) is 0 Å². The van der Waals surface area contributed by atoms with Gasteiger partial charge in [-0.15, -0.1) is 0 Å². The van der Waals surface area contributed by atoms with Gasteiger partial charge in [0, 0.05) is 24.3 Å². The summed E-state index contributed by atoms with van der Waals surface area (Å²) in [6, 6.07) is 2.01. The number of rotatable bonds is 1. The quantitative estimate of drug-likeness (QED) is 0.739. The van der Waals surface area contributed by atoms with E-state index in [2.05, 4.69) is 11.9 Å². The number of hydrogen-bond acceptors (Lipinski definition) is 3. The molecule has 14 heavy (non-hydrogen) atoms. The zero-order valence-electron chi connectivity index (χ0n) is 8.49. The fraction of sp³-hybridized carbons (Fsp3) is 0.545. The van der Waals surface area contributed by atoms with Crippen molar-refractivity contribution >= 4 is 5.82 Å². The first kappa shape index (κ1) is 9.46. The highest BCUT2D eigenvalue weighted by atomic mass is 16.5. The van der Waals surface area contributed by atoms with Crippen molar-refractivity contribution in [2.45, 2.75) is 25.7 Å². The van der Waals surface area contributed by atoms with Crippen molar-refractivity contribution < 1.29 is 4.74 Å². The van der Waals surface area contributed by atoms with E-state index in [1.165, 1.54) is 11.1 Å². The Bertz CT molecular complexity index is 299. The third kappa shape index (κ3) is 1.73. The highest BCUT2D eigenvalue weighted by molar-refractivity contribution is 5.46. The summed E-state index contributed by atoms with van der Waals surface area (Å²) in [6.45, 7) is 3.76. The summed E-state index contributed by atoms with van der Waals surface area (Å²) in [4.78, 5) is 4.14. The lowest BCUT2D eigenvalue weighted by Gasteiger charge is -2.24. The topological polar surface area (TPSA) is 48.1 Å². The maximum absolute atomic E-state index is 5.89. The number of pyridine rings is 1. The number of hydrogen-bond donors (Lipinski definition) is 1. The molecule has 0 bridgehead atoms. The molecule has 3 heteroatoms. The molecule has 0 spiro atoms. The van der Waals surface area contributed by atoms with Gasteiger partial charge in [0.05, 0.1) is 6.61 Å². The van der Waals surface area contributed by atoms with Gasteiger partial charge in [-0.05, 0) is 31.4 Å². The van der Waals surface area contributed by atoms with Gasteiger partial charge < -0.3 is 10.5 Å². The van der Waals surface area contributed by atoms with Crippen LogP contribution in [-0.4, -0.2) is 18.2 Å². The predicted octanol–water partition coefficient (Wildman–Crippen LogP) is 1.87. The molecule has 1 atom stereocenters. The van der Waals surface area contributed by atoms with Crippen LogP contribution < -0.4 is 5.73 Å². The fourth-order valence-corrected chi connectivity index (χ4v) is 2.09. The molecule has 0 radical (unpaired) electrons. The molecule has 1 aromatic rings. The van der Waals surface area contributed by atoms with Crippen LogP contribution >= 0.6 is 0 Å². The lowest BCUT2D eigenvalue weighted by atomic mass is 9.91. The van der Waals surface area contributed by atoms with Gasteiger partial charge in [0.25, 0.3) is 0 Å². The SMILES string of the molecule is Cc1ccnc(N)c1C1CCCOC1. The van der Waals surface area contributed by atoms with Crippen LogP contribution in [-0.2, 0) is 4.74 Å². The van der Waals surface area contributed by atoms with Crippen LogP contribution in [0, 0.1) is 6.92 Å². The molecular formula is C11H16N2O. The van der Waals surface area contributed by atoms with E-state index < -0.39 is 0 Å². The number of aryl methyl sites for hydroxylation is 1. The van der Waals surface area contributed by atoms with Gasteiger partial charge in [-0.2, -0.15) is 0 Å². The number of nitrogen functional groups attached to an aromatic ring is 1. The van der Waals surface area contributed by atoms with Crippen molar-refractivity contribution in [2.75, 3.05) is 18.9 Å². The molecule has 0 aliphatic carbocycles. The minimum atomic E-state index is 0.442. The second-order valence-electron chi connectivity index (χ2n) is 3.84. The van der Waals surface area contributed by atoms with Crippen molar-refractivity contribution in [3.05, 3.63) is 23.4 Å². The molecule has 1 saturated heterocycles. The van der Waals surface area contributed by atoms with Gasteiger partial charge >= 0.3 is 0 Å². The van der Waals surface area contributed by atoms with Crippen LogP contribution in [0.3, 0.4) is 0 Å². The van der Waals surface area contributed by atoms with Crippen molar-refractivity contribution in [3.8, 4) is 0 Å². The van der Waals surface area contributed by atoms with E-state index in [9.17, 15) is 0 Å². The van der Waals surface area contributed by atoms with Crippen molar-refractivity contribution in [1.29, 1.82) is 0 Å². The average molecular weight is 192 g/mol. The van der Waals surface area contributed by atoms with Crippen LogP contribution in [0.1, 0.15) is 29.9 Å². The van der Waals surface area contributed by atoms with E-state index in [4.69, 9.17) is 10.5 Å². The third-order valence-electron chi connectivity index (χ3n) is 2.81. The fourth-order valence-electron chi connectivity index (χ4n) is 2.09. The number of ether oxygens (including phenoxy) is 1. The average Bonchev–Trinajstić information content (AvgIpc) is 2.19. The molecule has 0 aromatic carbocycles. The maximum Gasteiger partial charge on any atom is 0.127 e. The molecule has 2 heterocycles. The maximum atomic E-state index is 5.89. The lowest BCUT2D eigenvalue weighted by molar-refractivity contribution is 0.0804. The van der Waals surface area contributed by atoms with Crippen LogP contribution in [0.15, 0.2) is 12.3 Å². The van der Waals surface area contributed by atoms with Gasteiger partial charge in [0.15, 0.2) is 0 Å². The first-order valence-corrected chi connectivity index (χ1v) is 5.08. The van der Waals surface area contributed by atoms with Gasteiger partial charge in [-0.1, -0.05) is 0 Å². The summed E-state index contributed by atoms with van der Waals surface area (Å²) >= 11 is 0. The summed E-state index contributed by atoms with van der Waals surface area (Å²) in [5.74, 6) is 1.11. The van der Waals surface area contributed by atoms with E-state index in [0.29, 0.717) is 11.7 Å². The van der Waals surface area contributed by atoms with Crippen molar-refractivity contribution in [1.82, 2.24) is 4.98 Å². The molecule has 1 aliphatic heterocycles. The van der Waals surface area contributed by atoms with Crippen LogP contribution in [0.5, 0.6) is 0 Å². The highest BCUT2D eigenvalue weighted by Gasteiger charge is 2.20. The Morgan fingerprint density at radius 1 is 1.57 bits per heavy atom. The molecule has 0 saturated carbocycles. The number of anilines is 1. The molecule has 3 nitrogen and oxygen atoms in total. The summed E-state index contributed by atoms with van der Waals surface area (Å²) in [5.41, 5.74) is 8.30. The summed E-state index contributed by atoms with van der Waals surface area (Å²) in [5, 5.41) is 0. The first-order chi connectivity index (χ1) is 6.79. The monoisotopic (exact) mass is 192 g/mol. The largest absolute Gasteiger partial charge is 0.383 e. The lowest BCUT2D eigenvalue weighted by Crippen LogP contribution is -2.18. The first-order valence-electron chi connectivity index (χ1n) is 5.08. The molecule has 76 valence electrons. The Morgan fingerprint density at radius 2 is 2.43 bits per heavy atom. The van der Waals surface area contributed by atoms with Crippen LogP contribution in [0.2, 0.25) is 0 Å². The zero-order chi connectivity index (χ0) is 9.97. The standard InChI is InChI=1S/C11H16N2O/c1-8-4-5-13-11(12)10(8)9-3-2-6-14-7-9/h4-5,9H,2-3,6-7H2,1H3,(H2,12,13). The summed E-state index contributed by atoms with van der Waals surface area (Å²) in [6.07, 6.45) is 4.05. The minimum Gasteiger partial charge on any atom is -0.383 e. The van der Waals surface area contributed by atoms with E-state index in [0.717, 1.165) is 26.1 Å². The van der Waals surface area contributed by atoms with E-state index in [-0.39, 0.29) is 0 Å². The number of nitrogens with two attached hydrogens (primary N) is 1. The van der Waals surface area contributed by atoms with E-state index in [1.807, 2.05) is 6.07 Å². The normalized spacial score (nSPS) is 22.2. The highest BCUT2D eigenvalue weighted by Crippen LogP contribution is 2.30. The Kier molecular flexibility index (Phi) is 2.68. The molecule has 1 aromatic heterocycles. The third-order valence-corrected chi connectivity index (χ3v) is 2.81. The summed E-state index contributed by atoms with van der Waals surface area (Å²) < 4.78 is 5.46. The van der Waals surface area contributed by atoms with Crippen LogP contribution in [0.4, 0.5) is 5.82 Å². The van der Waals surface area contributed by atoms with Gasteiger partial charge in [0.1, 0.15) is 5.82 Å². The Morgan fingerprint density at radius 3 is 3.07 bits per heavy atom. The Labute approximate surface area is 84.3 Å². The predicted molar refractivity (Wildman–Crippen MR) is 56.2 cm³/mol. The smallest absolute Gasteiger partial charge is 0.127 e. The molecule has 1 fully saturated rings. The molecular weight excluding hydrogens is 176 g/mol. The second-order valence-corrected chi connectivity index (χ2v) is 3.84. The second kappa shape index (κ2) is 3.96. The van der Waals surface area contributed by atoms with Gasteiger partial charge in [-0.3, -0.25) is 0 Å². The Hall–Kier alpha value is -1.09. The van der Waals surface area contributed by atoms with Gasteiger partial charge in [0.2, 0.25) is 0 Å². The number of nitrogens with zero attached hydrogens (tertiary/aromatic N) is 1. The molecule has 2 rings (SSSR count). The van der Waals surface area contributed by atoms with Crippen molar-refractivity contribution in [3.63, 3.8) is 0 Å². The molecule has 1 aliphatic rings. The minimum absolute atomic E-state index is 0.442. The van der Waals surface area contributed by atoms with Crippen molar-refractivity contribution in [2.24, 2.45) is 0 Å². The Balaban J connectivity index is 2.29. The van der Waals surface area contributed by atoms with E-state index in [1.54, 1.807) is 6.20 Å². The summed E-state index contributed by atoms with van der Waals surface area (Å²) in [7, 11) is 0. The molecule has 2 N–H and O–H groups in total. The number of aromatic nitrogens is 1. The molecule has 0 amide bonds. The zero-order valence-corrected chi connectivity index (χ0v) is 8.49. The van der Waals surface area contributed by atoms with Gasteiger partial charge in [-0.25, -0.2) is 4.98 Å². The van der Waals surface area contributed by atoms with E-state index >= 15 is 0 Å². The molecule has 1 unspecified atom stereocenters.